The molecule has 0 spiro atoms. The molecule has 0 unspecified atom stereocenters. The standard InChI is InChI=1S/C6H5FN2O3.C6H7FN2O/c1-8-3-4(7)2-5(6(8)10)9(11)12;1-9-3-4(7)2-5(8)6(9)10/h2-3H,1H3;2-3H,8H2,1H3. The highest BCUT2D eigenvalue weighted by Gasteiger charge is 2.14. The van der Waals surface area contributed by atoms with E-state index in [0.717, 1.165) is 27.6 Å². The second-order valence-corrected chi connectivity index (χ2v) is 4.25. The lowest BCUT2D eigenvalue weighted by molar-refractivity contribution is -0.386. The summed E-state index contributed by atoms with van der Waals surface area (Å²) < 4.78 is 26.8. The van der Waals surface area contributed by atoms with Crippen LogP contribution in [-0.4, -0.2) is 14.1 Å². The van der Waals surface area contributed by atoms with Gasteiger partial charge in [-0.1, -0.05) is 0 Å². The lowest BCUT2D eigenvalue weighted by atomic mass is 10.4. The Morgan fingerprint density at radius 1 is 1.05 bits per heavy atom. The first kappa shape index (κ1) is 17.0. The van der Waals surface area contributed by atoms with Crippen LogP contribution in [0.3, 0.4) is 0 Å². The quantitative estimate of drug-likeness (QED) is 0.609. The zero-order chi connectivity index (χ0) is 17.0. The Morgan fingerprint density at radius 3 is 1.95 bits per heavy atom. The van der Waals surface area contributed by atoms with Gasteiger partial charge in [-0.2, -0.15) is 0 Å². The fourth-order valence-electron chi connectivity index (χ4n) is 1.48. The van der Waals surface area contributed by atoms with E-state index in [1.54, 1.807) is 0 Å². The molecule has 2 rings (SSSR count). The minimum atomic E-state index is -0.911. The van der Waals surface area contributed by atoms with Gasteiger partial charge in [0.25, 0.3) is 5.56 Å². The highest BCUT2D eigenvalue weighted by molar-refractivity contribution is 5.34. The molecule has 2 heterocycles. The van der Waals surface area contributed by atoms with Gasteiger partial charge in [0.05, 0.1) is 11.0 Å². The summed E-state index contributed by atoms with van der Waals surface area (Å²) in [4.78, 5) is 30.9. The minimum Gasteiger partial charge on any atom is -0.394 e. The summed E-state index contributed by atoms with van der Waals surface area (Å²) >= 11 is 0. The van der Waals surface area contributed by atoms with Crippen LogP contribution in [0.5, 0.6) is 0 Å². The Labute approximate surface area is 122 Å². The van der Waals surface area contributed by atoms with Crippen LogP contribution in [0.2, 0.25) is 0 Å². The highest BCUT2D eigenvalue weighted by Crippen LogP contribution is 2.04. The van der Waals surface area contributed by atoms with Crippen molar-refractivity contribution in [1.29, 1.82) is 0 Å². The molecule has 0 atom stereocenters. The van der Waals surface area contributed by atoms with Crippen molar-refractivity contribution in [3.63, 3.8) is 0 Å². The monoisotopic (exact) mass is 314 g/mol. The molecule has 0 aliphatic rings. The van der Waals surface area contributed by atoms with Crippen LogP contribution in [0.25, 0.3) is 0 Å². The third-order valence-electron chi connectivity index (χ3n) is 2.51. The van der Waals surface area contributed by atoms with Crippen LogP contribution in [0.4, 0.5) is 20.2 Å². The van der Waals surface area contributed by atoms with Crippen LogP contribution >= 0.6 is 0 Å². The number of halogens is 2. The molecule has 22 heavy (non-hydrogen) atoms. The highest BCUT2D eigenvalue weighted by atomic mass is 19.1. The molecule has 0 aliphatic carbocycles. The largest absolute Gasteiger partial charge is 0.394 e. The number of anilines is 1. The van der Waals surface area contributed by atoms with Gasteiger partial charge in [0, 0.05) is 32.6 Å². The van der Waals surface area contributed by atoms with E-state index in [1.807, 2.05) is 0 Å². The third-order valence-corrected chi connectivity index (χ3v) is 2.51. The van der Waals surface area contributed by atoms with Crippen molar-refractivity contribution < 1.29 is 13.7 Å². The molecule has 0 saturated heterocycles. The van der Waals surface area contributed by atoms with E-state index in [2.05, 4.69) is 0 Å². The van der Waals surface area contributed by atoms with E-state index in [1.165, 1.54) is 14.1 Å². The van der Waals surface area contributed by atoms with Gasteiger partial charge in [-0.05, 0) is 0 Å². The fourth-order valence-corrected chi connectivity index (χ4v) is 1.48. The van der Waals surface area contributed by atoms with Gasteiger partial charge in [-0.3, -0.25) is 19.7 Å². The smallest absolute Gasteiger partial charge is 0.337 e. The van der Waals surface area contributed by atoms with Crippen LogP contribution in [0.15, 0.2) is 34.1 Å². The Hall–Kier alpha value is -3.04. The van der Waals surface area contributed by atoms with E-state index < -0.39 is 27.8 Å². The van der Waals surface area contributed by atoms with E-state index in [9.17, 15) is 28.5 Å². The molecule has 2 aromatic heterocycles. The number of nitrogens with zero attached hydrogens (tertiary/aromatic N) is 3. The van der Waals surface area contributed by atoms with Gasteiger partial charge in [-0.25, -0.2) is 8.78 Å². The van der Waals surface area contributed by atoms with Gasteiger partial charge in [0.1, 0.15) is 17.3 Å². The number of aromatic nitrogens is 2. The molecule has 10 heteroatoms. The molecular weight excluding hydrogens is 302 g/mol. The maximum absolute atomic E-state index is 12.5. The van der Waals surface area contributed by atoms with Crippen LogP contribution < -0.4 is 16.9 Å². The van der Waals surface area contributed by atoms with E-state index >= 15 is 0 Å². The second-order valence-electron chi connectivity index (χ2n) is 4.25. The molecule has 0 fully saturated rings. The predicted molar refractivity (Wildman–Crippen MR) is 74.3 cm³/mol. The summed E-state index contributed by atoms with van der Waals surface area (Å²) in [5.74, 6) is -1.30. The van der Waals surface area contributed by atoms with Gasteiger partial charge in [0.15, 0.2) is 0 Å². The average molecular weight is 314 g/mol. The van der Waals surface area contributed by atoms with Gasteiger partial charge >= 0.3 is 11.2 Å². The molecule has 0 saturated carbocycles. The van der Waals surface area contributed by atoms with Gasteiger partial charge in [0.2, 0.25) is 0 Å². The minimum absolute atomic E-state index is 0.0671. The van der Waals surface area contributed by atoms with Gasteiger partial charge in [-0.15, -0.1) is 0 Å². The number of nitro groups is 1. The van der Waals surface area contributed by atoms with Crippen LogP contribution in [0, 0.1) is 21.7 Å². The third kappa shape index (κ3) is 3.98. The molecule has 2 N–H and O–H groups in total. The molecule has 0 bridgehead atoms. The SMILES string of the molecule is Cn1cc(F)cc(N)c1=O.Cn1cc(F)cc([N+](=O)[O-])c1=O. The summed E-state index contributed by atoms with van der Waals surface area (Å²) in [6.07, 6.45) is 1.97. The Kier molecular flexibility index (Phi) is 5.11. The average Bonchev–Trinajstić information content (AvgIpc) is 2.40. The first-order valence-electron chi connectivity index (χ1n) is 5.75. The zero-order valence-electron chi connectivity index (χ0n) is 11.6. The summed E-state index contributed by atoms with van der Waals surface area (Å²) in [5.41, 5.74) is 3.14. The molecule has 2 aromatic rings. The summed E-state index contributed by atoms with van der Waals surface area (Å²) in [5, 5.41) is 10.2. The second kappa shape index (κ2) is 6.61. The van der Waals surface area contributed by atoms with Crippen LogP contribution in [0.1, 0.15) is 0 Å². The predicted octanol–water partition coefficient (Wildman–Crippen LogP) is 0.539. The topological polar surface area (TPSA) is 113 Å². The molecule has 0 amide bonds. The lowest BCUT2D eigenvalue weighted by Crippen LogP contribution is -2.19. The number of aryl methyl sites for hydroxylation is 2. The number of pyridine rings is 2. The van der Waals surface area contributed by atoms with E-state index in [0.29, 0.717) is 6.07 Å². The number of hydrogen-bond donors (Lipinski definition) is 1. The van der Waals surface area contributed by atoms with Crippen molar-refractivity contribution in [3.8, 4) is 0 Å². The van der Waals surface area contributed by atoms with Crippen molar-refractivity contribution in [1.82, 2.24) is 9.13 Å². The van der Waals surface area contributed by atoms with E-state index in [4.69, 9.17) is 5.73 Å². The zero-order valence-corrected chi connectivity index (χ0v) is 11.6. The number of rotatable bonds is 1. The molecule has 0 aromatic carbocycles. The molecule has 0 aliphatic heterocycles. The molecule has 0 radical (unpaired) electrons. The first-order valence-corrected chi connectivity index (χ1v) is 5.75. The summed E-state index contributed by atoms with van der Waals surface area (Å²) in [7, 11) is 2.69. The Balaban J connectivity index is 0.000000224. The lowest BCUT2D eigenvalue weighted by Gasteiger charge is -1.97. The first-order chi connectivity index (χ1) is 10.1. The number of hydrogen-bond acceptors (Lipinski definition) is 5. The number of nitrogen functional groups attached to an aromatic ring is 1. The van der Waals surface area contributed by atoms with Crippen molar-refractivity contribution in [2.24, 2.45) is 14.1 Å². The Bertz CT molecular complexity index is 803. The maximum atomic E-state index is 12.5. The molecular formula is C12H12F2N4O4. The maximum Gasteiger partial charge on any atom is 0.337 e. The normalized spacial score (nSPS) is 9.82. The molecule has 8 nitrogen and oxygen atoms in total. The van der Waals surface area contributed by atoms with Crippen LogP contribution in [-0.2, 0) is 14.1 Å². The van der Waals surface area contributed by atoms with Crippen molar-refractivity contribution in [2.75, 3.05) is 5.73 Å². The van der Waals surface area contributed by atoms with Crippen molar-refractivity contribution in [2.45, 2.75) is 0 Å². The Morgan fingerprint density at radius 2 is 1.50 bits per heavy atom. The van der Waals surface area contributed by atoms with Gasteiger partial charge < -0.3 is 14.9 Å². The molecule has 118 valence electrons. The number of nitrogens with two attached hydrogens (primary N) is 1. The van der Waals surface area contributed by atoms with Crippen molar-refractivity contribution >= 4 is 11.4 Å². The van der Waals surface area contributed by atoms with E-state index in [-0.39, 0.29) is 11.2 Å². The summed E-state index contributed by atoms with van der Waals surface area (Å²) in [6.45, 7) is 0. The fraction of sp³-hybridized carbons (Fsp3) is 0.167. The van der Waals surface area contributed by atoms with Crippen molar-refractivity contribution in [3.05, 3.63) is 67.0 Å². The summed E-state index contributed by atoms with van der Waals surface area (Å²) in [6, 6.07) is 1.60.